The van der Waals surface area contributed by atoms with Crippen molar-refractivity contribution in [2.24, 2.45) is 21.1 Å². The minimum absolute atomic E-state index is 0. The molecule has 0 aliphatic carbocycles. The van der Waals surface area contributed by atoms with E-state index in [0.717, 1.165) is 130 Å². The molecular formula is C101H124BClF6LiN9O19. The van der Waals surface area contributed by atoms with Gasteiger partial charge in [-0.25, -0.2) is 40.7 Å². The van der Waals surface area contributed by atoms with Gasteiger partial charge in [0.15, 0.2) is 0 Å². The van der Waals surface area contributed by atoms with Crippen molar-refractivity contribution in [3.8, 4) is 39.5 Å². The number of nitrogens with zero attached hydrogens (tertiary/aromatic N) is 3. The number of hydrogen-bond acceptors (Lipinski definition) is 20. The molecular weight excluding hydrogens is 1810 g/mol. The Hall–Kier alpha value is -11.8. The number of methoxy groups -OCH3 is 2. The second kappa shape index (κ2) is 48.6. The van der Waals surface area contributed by atoms with Crippen LogP contribution in [0.2, 0.25) is 5.02 Å². The van der Waals surface area contributed by atoms with Crippen molar-refractivity contribution in [1.29, 1.82) is 0 Å². The van der Waals surface area contributed by atoms with E-state index in [1.165, 1.54) is 18.8 Å². The molecule has 4 aliphatic rings. The molecule has 0 spiro atoms. The maximum absolute atomic E-state index is 14.9. The standard InChI is InChI=1S/C32H37F2N3O5.C31H35F2N3O5.C30H39BF2N2O6.C8H10ClNO.Li.2H2O/c1-7-18(3)35-21-15-24(33)28(25(34)16-21)30(38)36-26(32(40)41-6)14-20-10-11-23(29-22(20)9-8-12-42-29)27-17(2)13-19(4)37(5)31(27)39;1-6-17(3)34-20-14-23(32)27(24(33)15-20)29(37)35-25(31(39)40)13-19-9-10-22(28-21(19)8-7-11-41-28)26-16(2)12-18(4)36(5)30(26)38;1-8-17(2)34-19-15-22(32)25(23(33)16-19)27(36)35-24(28(37)38-7)14-18-11-12-21(26-20(18)10-9-13-39-26)31-40-29(3,4)30(5,6)41-31;1-5-4-6(2)10(3)8(11)7(5)9;;;/h10-11,13,15-16,18,26,35H,7-9,12,14H2,1-6H3,(H,36,38);9-10,12,14-15,17,25,34H,6-8,11,13H2,1-5H3,(H,35,37)(H,39,40);11-12,15-17,24,34H,8-10,13-14H2,1-7H3,(H,35,36);4H,1-3H3;;2*1H2/q;;;;+1;;/p-1/t18-,26-;17-,25-;17-,24-;;;;/m000..../s1. The number of aryl methyl sites for hydroxylation is 6. The Bertz CT molecular complexity index is 6100. The number of esters is 2. The maximum Gasteiger partial charge on any atom is 1.00 e. The van der Waals surface area contributed by atoms with Crippen LogP contribution in [0.15, 0.2) is 105 Å². The van der Waals surface area contributed by atoms with Gasteiger partial charge < -0.3 is 94.7 Å². The van der Waals surface area contributed by atoms with Gasteiger partial charge in [-0.15, -0.1) is 0 Å². The molecule has 9 aromatic rings. The Labute approximate surface area is 816 Å². The van der Waals surface area contributed by atoms with Crippen LogP contribution in [0.25, 0.3) is 22.3 Å². The smallest absolute Gasteiger partial charge is 0.870 e. The molecule has 138 heavy (non-hydrogen) atoms. The summed E-state index contributed by atoms with van der Waals surface area (Å²) in [5.74, 6) is -10.8. The van der Waals surface area contributed by atoms with E-state index in [-0.39, 0.29) is 101 Å². The second-order valence-corrected chi connectivity index (χ2v) is 36.0. The predicted octanol–water partition coefficient (Wildman–Crippen LogP) is 11.9. The normalized spacial score (nSPS) is 14.7. The van der Waals surface area contributed by atoms with E-state index in [9.17, 15) is 74.6 Å². The van der Waals surface area contributed by atoms with Gasteiger partial charge in [0.2, 0.25) is 0 Å². The van der Waals surface area contributed by atoms with Crippen molar-refractivity contribution in [3.05, 3.63) is 246 Å². The van der Waals surface area contributed by atoms with Gasteiger partial charge in [-0.05, 0) is 252 Å². The van der Waals surface area contributed by atoms with Crippen LogP contribution in [-0.2, 0) is 92.8 Å². The molecule has 740 valence electrons. The number of fused-ring (bicyclic) bond motifs is 3. The number of benzene rings is 6. The molecule has 13 rings (SSSR count). The summed E-state index contributed by atoms with van der Waals surface area (Å²) in [6, 6.07) is 18.8. The van der Waals surface area contributed by atoms with Crippen LogP contribution in [0.4, 0.5) is 43.4 Å². The van der Waals surface area contributed by atoms with Crippen molar-refractivity contribution in [3.63, 3.8) is 0 Å². The molecule has 1 saturated heterocycles. The molecule has 0 saturated carbocycles. The molecule has 1 fully saturated rings. The van der Waals surface area contributed by atoms with Gasteiger partial charge in [0.1, 0.15) is 92.0 Å². The largest absolute Gasteiger partial charge is 1.00 e. The van der Waals surface area contributed by atoms with E-state index in [0.29, 0.717) is 101 Å². The molecule has 3 aromatic heterocycles. The Kier molecular flexibility index (Phi) is 39.9. The number of aromatic nitrogens is 3. The number of amides is 3. The minimum atomic E-state index is -1.47. The molecule has 0 unspecified atom stereocenters. The van der Waals surface area contributed by atoms with Gasteiger partial charge >= 0.3 is 43.9 Å². The molecule has 0 bridgehead atoms. The van der Waals surface area contributed by atoms with Gasteiger partial charge in [-0.1, -0.05) is 68.8 Å². The number of ether oxygens (including phenoxy) is 5. The van der Waals surface area contributed by atoms with Crippen molar-refractivity contribution >= 4 is 76.9 Å². The second-order valence-electron chi connectivity index (χ2n) is 35.7. The number of aliphatic carboxylic acids is 1. The van der Waals surface area contributed by atoms with Crippen LogP contribution in [0.5, 0.6) is 17.2 Å². The summed E-state index contributed by atoms with van der Waals surface area (Å²) in [4.78, 5) is 114. The number of rotatable bonds is 27. The topological polar surface area (TPSA) is 387 Å². The van der Waals surface area contributed by atoms with E-state index in [1.54, 1.807) is 54.5 Å². The fourth-order valence-electron chi connectivity index (χ4n) is 16.3. The van der Waals surface area contributed by atoms with Crippen LogP contribution >= 0.6 is 11.6 Å². The number of halogens is 7. The first-order valence-electron chi connectivity index (χ1n) is 45.1. The van der Waals surface area contributed by atoms with E-state index in [1.807, 2.05) is 141 Å². The molecule has 3 amide bonds. The number of pyridine rings is 3. The number of hydrogen-bond donors (Lipinski definition) is 7. The summed E-state index contributed by atoms with van der Waals surface area (Å²) >= 11 is 5.72. The van der Waals surface area contributed by atoms with Crippen LogP contribution < -0.4 is 87.1 Å². The number of nitrogens with one attached hydrogen (secondary N) is 6. The zero-order valence-electron chi connectivity index (χ0n) is 82.2. The van der Waals surface area contributed by atoms with Crippen molar-refractivity contribution in [1.82, 2.24) is 29.7 Å². The Morgan fingerprint density at radius 3 is 1.07 bits per heavy atom. The number of carbonyl (C=O) groups is 6. The fourth-order valence-corrected chi connectivity index (χ4v) is 16.5. The van der Waals surface area contributed by atoms with Crippen LogP contribution in [0, 0.1) is 76.4 Å². The van der Waals surface area contributed by atoms with Gasteiger partial charge in [0.25, 0.3) is 34.4 Å². The molecule has 28 nitrogen and oxygen atoms in total. The Morgan fingerprint density at radius 1 is 0.464 bits per heavy atom. The summed E-state index contributed by atoms with van der Waals surface area (Å²) in [6.07, 6.45) is 6.14. The number of carbonyl (C=O) groups excluding carboxylic acids is 5. The minimum Gasteiger partial charge on any atom is -0.870 e. The zero-order chi connectivity index (χ0) is 99.4. The Balaban J connectivity index is 0.000000263. The molecule has 7 heterocycles. The SMILES string of the molecule is CC[C@H](C)Nc1cc(F)c(C(=O)N[C@@H](Cc2ccc(-c3c(C)cc(C)n(C)c3=O)c3c2CCCO3)C(=O)O)c(F)c1.CC[C@H](C)Nc1cc(F)c(C(=O)N[C@@H](Cc2ccc(-c3c(C)cc(C)n(C)c3=O)c3c2CCCO3)C(=O)OC)c(F)c1.CC[C@H](C)Nc1cc(F)c(C(=O)N[C@@H](Cc2ccc(B3OC(C)(C)C(C)(C)O3)c3c2CCCO3)C(=O)OC)c(F)c1.Cc1cc(C)n(C)c(=O)c1Cl.O.[Li+].[OH-]. The summed E-state index contributed by atoms with van der Waals surface area (Å²) in [7, 11) is 6.86. The molecule has 37 heteroatoms. The van der Waals surface area contributed by atoms with E-state index < -0.39 is 124 Å². The summed E-state index contributed by atoms with van der Waals surface area (Å²) < 4.78 is 134. The molecule has 0 radical (unpaired) electrons. The quantitative estimate of drug-likeness (QED) is 0.0143. The third kappa shape index (κ3) is 26.0. The molecule has 6 atom stereocenters. The third-order valence-electron chi connectivity index (χ3n) is 25.5. The van der Waals surface area contributed by atoms with E-state index in [4.69, 9.17) is 44.6 Å². The maximum atomic E-state index is 14.9. The Morgan fingerprint density at radius 2 is 0.754 bits per heavy atom. The van der Waals surface area contributed by atoms with Gasteiger partial charge in [0.05, 0.1) is 56.4 Å². The number of carboxylic acids is 1. The van der Waals surface area contributed by atoms with Gasteiger partial charge in [0, 0.05) is 109 Å². The van der Waals surface area contributed by atoms with Gasteiger partial charge in [-0.3, -0.25) is 28.8 Å². The summed E-state index contributed by atoms with van der Waals surface area (Å²) in [6.45, 7) is 31.8. The number of carboxylic acid groups (broad SMARTS) is 1. The monoisotopic (exact) mass is 1930 g/mol. The third-order valence-corrected chi connectivity index (χ3v) is 25.9. The number of anilines is 3. The first-order chi connectivity index (χ1) is 63.7. The van der Waals surface area contributed by atoms with E-state index >= 15 is 0 Å². The zero-order valence-corrected chi connectivity index (χ0v) is 83.0. The van der Waals surface area contributed by atoms with Crippen LogP contribution in [-0.4, -0.2) is 154 Å². The van der Waals surface area contributed by atoms with Crippen molar-refractivity contribution < 1.29 is 123 Å². The van der Waals surface area contributed by atoms with Crippen molar-refractivity contribution in [2.45, 2.75) is 235 Å². The summed E-state index contributed by atoms with van der Waals surface area (Å²) in [5.41, 5.74) is 9.24. The average molecular weight is 1940 g/mol. The first kappa shape index (κ1) is 113. The summed E-state index contributed by atoms with van der Waals surface area (Å²) in [5, 5.41) is 26.4. The van der Waals surface area contributed by atoms with Crippen LogP contribution in [0.3, 0.4) is 0 Å². The molecule has 10 N–H and O–H groups in total. The van der Waals surface area contributed by atoms with Crippen molar-refractivity contribution in [2.75, 3.05) is 50.0 Å². The first-order valence-corrected chi connectivity index (χ1v) is 45.5. The van der Waals surface area contributed by atoms with Gasteiger partial charge in [-0.2, -0.15) is 0 Å². The predicted molar refractivity (Wildman–Crippen MR) is 514 cm³/mol. The van der Waals surface area contributed by atoms with Crippen LogP contribution in [0.1, 0.15) is 206 Å². The molecule has 4 aliphatic heterocycles. The average Bonchev–Trinajstić information content (AvgIpc) is 1.48. The van der Waals surface area contributed by atoms with E-state index in [2.05, 4.69) is 31.9 Å². The fraction of sp³-hybridized carbons (Fsp3) is 0.436. The molecule has 6 aromatic carbocycles.